The number of ether oxygens (including phenoxy) is 1. The molecule has 1 N–H and O–H groups in total. The third-order valence-electron chi connectivity index (χ3n) is 1.75. The largest absolute Gasteiger partial charge is 0.465 e. The summed E-state index contributed by atoms with van der Waals surface area (Å²) < 4.78 is 2.50. The van der Waals surface area contributed by atoms with Gasteiger partial charge in [0.05, 0.1) is 12.7 Å². The number of hydrogen-bond donors (Lipinski definition) is 1. The number of hydrogen-bond acceptors (Lipinski definition) is 4. The first-order valence-corrected chi connectivity index (χ1v) is 6.27. The maximum absolute atomic E-state index is 11.5. The van der Waals surface area contributed by atoms with Crippen molar-refractivity contribution in [2.24, 2.45) is 0 Å². The van der Waals surface area contributed by atoms with Gasteiger partial charge in [0, 0.05) is 4.88 Å². The summed E-state index contributed by atoms with van der Waals surface area (Å²) in [6.45, 7) is 1.78. The van der Waals surface area contributed by atoms with Gasteiger partial charge in [0.1, 0.15) is 5.00 Å². The number of halogens is 3. The van der Waals surface area contributed by atoms with Gasteiger partial charge in [0.2, 0.25) is 0 Å². The first-order valence-electron chi connectivity index (χ1n) is 4.32. The molecule has 0 aliphatic rings. The second kappa shape index (κ2) is 5.44. The van der Waals surface area contributed by atoms with Gasteiger partial charge in [-0.3, -0.25) is 4.79 Å². The fourth-order valence-corrected chi connectivity index (χ4v) is 2.08. The Morgan fingerprint density at radius 3 is 2.47 bits per heavy atom. The molecule has 4 nitrogen and oxygen atoms in total. The highest BCUT2D eigenvalue weighted by atomic mass is 35.6. The van der Waals surface area contributed by atoms with Gasteiger partial charge in [-0.15, -0.1) is 11.3 Å². The molecule has 1 aromatic rings. The van der Waals surface area contributed by atoms with Crippen LogP contribution in [-0.2, 0) is 9.53 Å². The number of carbonyl (C=O) groups excluding carboxylic acids is 2. The summed E-state index contributed by atoms with van der Waals surface area (Å²) in [6, 6.07) is 1.59. The Labute approximate surface area is 117 Å². The van der Waals surface area contributed by atoms with Gasteiger partial charge < -0.3 is 10.1 Å². The maximum Gasteiger partial charge on any atom is 0.340 e. The van der Waals surface area contributed by atoms with Crippen LogP contribution in [0.15, 0.2) is 6.07 Å². The first-order chi connectivity index (χ1) is 7.75. The van der Waals surface area contributed by atoms with Crippen LogP contribution in [-0.4, -0.2) is 22.8 Å². The summed E-state index contributed by atoms with van der Waals surface area (Å²) in [5, 5.41) is 2.67. The number of rotatable bonds is 2. The van der Waals surface area contributed by atoms with Gasteiger partial charge in [-0.25, -0.2) is 4.79 Å². The normalized spacial score (nSPS) is 11.1. The number of nitrogens with one attached hydrogen (secondary N) is 1. The van der Waals surface area contributed by atoms with Gasteiger partial charge in [-0.1, -0.05) is 34.8 Å². The zero-order valence-electron chi connectivity index (χ0n) is 8.84. The van der Waals surface area contributed by atoms with Crippen molar-refractivity contribution in [3.05, 3.63) is 16.5 Å². The second-order valence-corrected chi connectivity index (χ2v) is 6.58. The van der Waals surface area contributed by atoms with Crippen molar-refractivity contribution in [3.63, 3.8) is 0 Å². The van der Waals surface area contributed by atoms with Crippen LogP contribution < -0.4 is 5.32 Å². The zero-order chi connectivity index (χ0) is 13.2. The van der Waals surface area contributed by atoms with Crippen molar-refractivity contribution in [1.29, 1.82) is 0 Å². The van der Waals surface area contributed by atoms with Gasteiger partial charge in [0.15, 0.2) is 0 Å². The molecule has 17 heavy (non-hydrogen) atoms. The lowest BCUT2D eigenvalue weighted by Gasteiger charge is -2.10. The van der Waals surface area contributed by atoms with Gasteiger partial charge in [-0.05, 0) is 13.0 Å². The van der Waals surface area contributed by atoms with Gasteiger partial charge >= 0.3 is 5.97 Å². The number of methoxy groups -OCH3 is 1. The predicted octanol–water partition coefficient (Wildman–Crippen LogP) is 3.15. The lowest BCUT2D eigenvalue weighted by Crippen LogP contribution is -2.27. The Balaban J connectivity index is 2.99. The van der Waals surface area contributed by atoms with E-state index in [1.165, 1.54) is 18.4 Å². The first kappa shape index (κ1) is 14.6. The van der Waals surface area contributed by atoms with Crippen LogP contribution in [0.4, 0.5) is 5.00 Å². The lowest BCUT2D eigenvalue weighted by molar-refractivity contribution is -0.115. The number of aryl methyl sites for hydroxylation is 1. The number of carbonyl (C=O) groups is 2. The molecule has 0 bridgehead atoms. The molecule has 0 aliphatic carbocycles. The Bertz CT molecular complexity index is 453. The molecule has 0 saturated heterocycles. The molecule has 8 heteroatoms. The molecule has 1 rings (SSSR count). The highest BCUT2D eigenvalue weighted by molar-refractivity contribution is 7.16. The molecule has 0 fully saturated rings. The fraction of sp³-hybridized carbons (Fsp3) is 0.333. The van der Waals surface area contributed by atoms with Crippen molar-refractivity contribution in [2.75, 3.05) is 12.4 Å². The third kappa shape index (κ3) is 3.74. The Morgan fingerprint density at radius 1 is 1.41 bits per heavy atom. The smallest absolute Gasteiger partial charge is 0.340 e. The molecule has 0 radical (unpaired) electrons. The minimum atomic E-state index is -2.08. The van der Waals surface area contributed by atoms with E-state index in [0.717, 1.165) is 4.88 Å². The molecule has 0 unspecified atom stereocenters. The van der Waals surface area contributed by atoms with Crippen LogP contribution in [0.1, 0.15) is 15.2 Å². The second-order valence-electron chi connectivity index (χ2n) is 3.04. The molecule has 1 heterocycles. The number of amides is 1. The molecule has 0 aliphatic heterocycles. The van der Waals surface area contributed by atoms with E-state index < -0.39 is 15.7 Å². The van der Waals surface area contributed by atoms with E-state index >= 15 is 0 Å². The molecule has 94 valence electrons. The van der Waals surface area contributed by atoms with Crippen LogP contribution in [0.2, 0.25) is 0 Å². The van der Waals surface area contributed by atoms with Crippen LogP contribution in [0.25, 0.3) is 0 Å². The Hall–Kier alpha value is -0.490. The number of esters is 1. The number of thiophene rings is 1. The number of anilines is 1. The van der Waals surface area contributed by atoms with Crippen molar-refractivity contribution in [1.82, 2.24) is 0 Å². The van der Waals surface area contributed by atoms with Crippen LogP contribution in [0, 0.1) is 6.92 Å². The van der Waals surface area contributed by atoms with Gasteiger partial charge in [0.25, 0.3) is 9.70 Å². The minimum absolute atomic E-state index is 0.234. The Morgan fingerprint density at radius 2 is 2.00 bits per heavy atom. The lowest BCUT2D eigenvalue weighted by atomic mass is 10.3. The summed E-state index contributed by atoms with van der Waals surface area (Å²) in [5.41, 5.74) is 0.234. The quantitative estimate of drug-likeness (QED) is 0.673. The molecular formula is C9H8Cl3NO3S. The predicted molar refractivity (Wildman–Crippen MR) is 69.3 cm³/mol. The van der Waals surface area contributed by atoms with Crippen LogP contribution >= 0.6 is 46.1 Å². The highest BCUT2D eigenvalue weighted by Gasteiger charge is 2.32. The molecular weight excluding hydrogens is 309 g/mol. The van der Waals surface area contributed by atoms with Crippen LogP contribution in [0.3, 0.4) is 0 Å². The molecule has 0 saturated carbocycles. The van der Waals surface area contributed by atoms with E-state index in [-0.39, 0.29) is 5.56 Å². The third-order valence-corrected chi connectivity index (χ3v) is 3.23. The topological polar surface area (TPSA) is 55.4 Å². The van der Waals surface area contributed by atoms with E-state index in [4.69, 9.17) is 34.8 Å². The summed E-state index contributed by atoms with van der Waals surface area (Å²) in [7, 11) is 1.25. The van der Waals surface area contributed by atoms with Crippen LogP contribution in [0.5, 0.6) is 0 Å². The van der Waals surface area contributed by atoms with E-state index in [9.17, 15) is 9.59 Å². The summed E-state index contributed by atoms with van der Waals surface area (Å²) in [6.07, 6.45) is 0. The SMILES string of the molecule is COC(=O)c1cc(C)sc1NC(=O)C(Cl)(Cl)Cl. The molecule has 0 spiro atoms. The van der Waals surface area contributed by atoms with Crippen molar-refractivity contribution in [3.8, 4) is 0 Å². The number of alkyl halides is 3. The fourth-order valence-electron chi connectivity index (χ4n) is 1.04. The molecule has 1 amide bonds. The Kier molecular flexibility index (Phi) is 4.66. The monoisotopic (exact) mass is 315 g/mol. The highest BCUT2D eigenvalue weighted by Crippen LogP contribution is 2.32. The minimum Gasteiger partial charge on any atom is -0.465 e. The van der Waals surface area contributed by atoms with Crippen molar-refractivity contribution < 1.29 is 14.3 Å². The zero-order valence-corrected chi connectivity index (χ0v) is 11.9. The van der Waals surface area contributed by atoms with Crippen molar-refractivity contribution >= 4 is 63.0 Å². The summed E-state index contributed by atoms with van der Waals surface area (Å²) in [4.78, 5) is 23.7. The van der Waals surface area contributed by atoms with Gasteiger partial charge in [-0.2, -0.15) is 0 Å². The average molecular weight is 317 g/mol. The molecule has 1 aromatic heterocycles. The molecule has 0 aromatic carbocycles. The summed E-state index contributed by atoms with van der Waals surface area (Å²) in [5.74, 6) is -1.39. The van der Waals surface area contributed by atoms with E-state index in [0.29, 0.717) is 5.00 Å². The standard InChI is InChI=1S/C9H8Cl3NO3S/c1-4-3-5(7(14)16-2)6(17-4)13-8(15)9(10,11)12/h3H,1-2H3,(H,13,15). The maximum atomic E-state index is 11.5. The molecule has 0 atom stereocenters. The van der Waals surface area contributed by atoms with E-state index in [1.54, 1.807) is 13.0 Å². The average Bonchev–Trinajstić information content (AvgIpc) is 2.57. The van der Waals surface area contributed by atoms with E-state index in [1.807, 2.05) is 0 Å². The summed E-state index contributed by atoms with van der Waals surface area (Å²) >= 11 is 17.4. The van der Waals surface area contributed by atoms with Crippen molar-refractivity contribution in [2.45, 2.75) is 10.7 Å². The van der Waals surface area contributed by atoms with E-state index in [2.05, 4.69) is 10.1 Å².